The molecule has 100 valence electrons. The standard InChI is InChI=1S/C3H6O.2C3H7.C2H2O4.Ti/c1-3(2)4;2*1-3-2;3-1(4)2(5)6;/h1-2H3;2*3H,1-2H3;(H,3,4)(H,5,6);/q;2*-1;;+2. The van der Waals surface area contributed by atoms with Crippen LogP contribution in [0.15, 0.2) is 0 Å². The van der Waals surface area contributed by atoms with Crippen LogP contribution in [-0.2, 0) is 36.1 Å². The van der Waals surface area contributed by atoms with Crippen LogP contribution in [0, 0.1) is 12.8 Å². The van der Waals surface area contributed by atoms with Gasteiger partial charge in [0.2, 0.25) is 0 Å². The maximum atomic E-state index is 9.44. The van der Waals surface area contributed by atoms with Crippen LogP contribution in [0.2, 0.25) is 0 Å². The topological polar surface area (TPSA) is 91.7 Å². The third kappa shape index (κ3) is 246. The van der Waals surface area contributed by atoms with Crippen LogP contribution in [0.5, 0.6) is 0 Å². The zero-order valence-electron chi connectivity index (χ0n) is 11.3. The Labute approximate surface area is 118 Å². The van der Waals surface area contributed by atoms with Gasteiger partial charge in [-0.1, -0.05) is 0 Å². The second-order valence-electron chi connectivity index (χ2n) is 2.67. The molecule has 0 saturated heterocycles. The molecule has 0 aliphatic carbocycles. The molecule has 0 bridgehead atoms. The van der Waals surface area contributed by atoms with Gasteiger partial charge in [-0.15, -0.1) is 0 Å². The molecule has 5 nitrogen and oxygen atoms in total. The van der Waals surface area contributed by atoms with E-state index in [1.807, 2.05) is 40.5 Å². The normalized spacial score (nSPS) is 6.24. The number of ketones is 1. The Morgan fingerprint density at radius 2 is 0.824 bits per heavy atom. The van der Waals surface area contributed by atoms with E-state index in [4.69, 9.17) is 19.8 Å². The maximum absolute atomic E-state index is 9.44. The fourth-order valence-electron chi connectivity index (χ4n) is 0. The van der Waals surface area contributed by atoms with Crippen LogP contribution in [0.1, 0.15) is 41.5 Å². The van der Waals surface area contributed by atoms with E-state index in [0.29, 0.717) is 0 Å². The van der Waals surface area contributed by atoms with Gasteiger partial charge in [-0.2, -0.15) is 27.7 Å². The Morgan fingerprint density at radius 1 is 0.765 bits per heavy atom. The van der Waals surface area contributed by atoms with Gasteiger partial charge in [-0.3, -0.25) is 0 Å². The molecule has 17 heavy (non-hydrogen) atoms. The molecular formula is C11H22O5Ti. The number of Topliss-reactive ketones (excluding diaryl/α,β-unsaturated/α-hetero) is 1. The summed E-state index contributed by atoms with van der Waals surface area (Å²) < 4.78 is 0. The molecule has 0 rings (SSSR count). The monoisotopic (exact) mass is 282 g/mol. The van der Waals surface area contributed by atoms with E-state index in [9.17, 15) is 4.79 Å². The maximum Gasteiger partial charge on any atom is 2.00 e. The molecule has 0 aliphatic heterocycles. The summed E-state index contributed by atoms with van der Waals surface area (Å²) in [6.45, 7) is 11.1. The molecular weight excluding hydrogens is 260 g/mol. The van der Waals surface area contributed by atoms with Crippen molar-refractivity contribution in [3.8, 4) is 0 Å². The van der Waals surface area contributed by atoms with Gasteiger partial charge in [0, 0.05) is 0 Å². The van der Waals surface area contributed by atoms with E-state index in [1.54, 1.807) is 0 Å². The summed E-state index contributed by atoms with van der Waals surface area (Å²) in [7, 11) is 0. The first-order chi connectivity index (χ1) is 7.20. The van der Waals surface area contributed by atoms with E-state index >= 15 is 0 Å². The molecule has 2 N–H and O–H groups in total. The van der Waals surface area contributed by atoms with E-state index in [0.717, 1.165) is 0 Å². The number of rotatable bonds is 0. The van der Waals surface area contributed by atoms with Crippen molar-refractivity contribution in [3.05, 3.63) is 12.8 Å². The van der Waals surface area contributed by atoms with Crippen LogP contribution in [0.4, 0.5) is 0 Å². The van der Waals surface area contributed by atoms with Gasteiger partial charge >= 0.3 is 33.7 Å². The first-order valence-electron chi connectivity index (χ1n) is 4.62. The van der Waals surface area contributed by atoms with Crippen molar-refractivity contribution >= 4 is 17.7 Å². The average Bonchev–Trinajstić information content (AvgIpc) is 2.05. The Balaban J connectivity index is -0.0000000388. The van der Waals surface area contributed by atoms with Gasteiger partial charge in [0.15, 0.2) is 0 Å². The summed E-state index contributed by atoms with van der Waals surface area (Å²) >= 11 is 0. The molecule has 0 aromatic heterocycles. The van der Waals surface area contributed by atoms with Crippen molar-refractivity contribution in [2.24, 2.45) is 0 Å². The van der Waals surface area contributed by atoms with Gasteiger partial charge in [0.25, 0.3) is 0 Å². The quantitative estimate of drug-likeness (QED) is 0.404. The van der Waals surface area contributed by atoms with Crippen LogP contribution < -0.4 is 0 Å². The SMILES string of the molecule is CC(C)=O.C[CH-]C.C[CH-]C.O=C(O)C(=O)O.[Ti+2]. The zero-order valence-corrected chi connectivity index (χ0v) is 12.8. The summed E-state index contributed by atoms with van der Waals surface area (Å²) in [5, 5.41) is 14.8. The van der Waals surface area contributed by atoms with Crippen molar-refractivity contribution in [2.75, 3.05) is 0 Å². The van der Waals surface area contributed by atoms with Crippen LogP contribution in [-0.4, -0.2) is 27.9 Å². The molecule has 0 amide bonds. The second-order valence-corrected chi connectivity index (χ2v) is 2.67. The summed E-state index contributed by atoms with van der Waals surface area (Å²) in [6, 6.07) is 0. The van der Waals surface area contributed by atoms with Crippen molar-refractivity contribution < 1.29 is 46.3 Å². The molecule has 0 aromatic carbocycles. The second kappa shape index (κ2) is 29.5. The summed E-state index contributed by atoms with van der Waals surface area (Å²) in [6.07, 6.45) is 4.00. The molecule has 0 unspecified atom stereocenters. The molecule has 0 saturated carbocycles. The Bertz CT molecular complexity index is 163. The number of carbonyl (C=O) groups is 3. The van der Waals surface area contributed by atoms with Gasteiger partial charge in [0.1, 0.15) is 5.78 Å². The van der Waals surface area contributed by atoms with Crippen molar-refractivity contribution in [3.63, 3.8) is 0 Å². The predicted molar refractivity (Wildman–Crippen MR) is 62.9 cm³/mol. The van der Waals surface area contributed by atoms with E-state index in [2.05, 4.69) is 0 Å². The minimum absolute atomic E-state index is 0. The molecule has 0 heterocycles. The smallest absolute Gasteiger partial charge is 0.473 e. The molecule has 0 atom stereocenters. The molecule has 0 aliphatic rings. The Kier molecular flexibility index (Phi) is 51.9. The molecule has 0 fully saturated rings. The van der Waals surface area contributed by atoms with Crippen molar-refractivity contribution in [1.82, 2.24) is 0 Å². The van der Waals surface area contributed by atoms with Crippen LogP contribution >= 0.6 is 0 Å². The largest absolute Gasteiger partial charge is 2.00 e. The zero-order chi connectivity index (χ0) is 14.1. The summed E-state index contributed by atoms with van der Waals surface area (Å²) in [5.74, 6) is -3.48. The Hall–Kier alpha value is -0.676. The van der Waals surface area contributed by atoms with Crippen LogP contribution in [0.3, 0.4) is 0 Å². The number of hydrogen-bond acceptors (Lipinski definition) is 3. The van der Waals surface area contributed by atoms with E-state index in [1.165, 1.54) is 13.8 Å². The molecule has 0 radical (unpaired) electrons. The predicted octanol–water partition coefficient (Wildman–Crippen LogP) is 2.21. The molecule has 6 heteroatoms. The van der Waals surface area contributed by atoms with Gasteiger partial charge in [-0.25, -0.2) is 9.59 Å². The fourth-order valence-corrected chi connectivity index (χ4v) is 0. The third-order valence-electron chi connectivity index (χ3n) is 0.183. The number of carboxylic acid groups (broad SMARTS) is 2. The first kappa shape index (κ1) is 29.9. The fraction of sp³-hybridized carbons (Fsp3) is 0.545. The minimum atomic E-state index is -1.82. The summed E-state index contributed by atoms with van der Waals surface area (Å²) in [5.41, 5.74) is 0. The molecule has 0 spiro atoms. The number of hydrogen-bond donors (Lipinski definition) is 2. The number of carboxylic acids is 2. The first-order valence-corrected chi connectivity index (χ1v) is 4.62. The van der Waals surface area contributed by atoms with Crippen LogP contribution in [0.25, 0.3) is 0 Å². The van der Waals surface area contributed by atoms with Crippen molar-refractivity contribution in [2.45, 2.75) is 41.5 Å². The van der Waals surface area contributed by atoms with Gasteiger partial charge in [-0.05, 0) is 13.8 Å². The minimum Gasteiger partial charge on any atom is -0.473 e. The Morgan fingerprint density at radius 3 is 0.824 bits per heavy atom. The van der Waals surface area contributed by atoms with E-state index in [-0.39, 0.29) is 27.5 Å². The van der Waals surface area contributed by atoms with Crippen molar-refractivity contribution in [1.29, 1.82) is 0 Å². The number of carbonyl (C=O) groups excluding carboxylic acids is 1. The van der Waals surface area contributed by atoms with Gasteiger partial charge < -0.3 is 27.8 Å². The third-order valence-corrected chi connectivity index (χ3v) is 0.183. The average molecular weight is 282 g/mol. The van der Waals surface area contributed by atoms with Gasteiger partial charge in [0.05, 0.1) is 0 Å². The molecule has 0 aromatic rings. The van der Waals surface area contributed by atoms with E-state index < -0.39 is 11.9 Å². The summed E-state index contributed by atoms with van der Waals surface area (Å²) in [4.78, 5) is 27.6. The number of aliphatic carboxylic acids is 2.